The van der Waals surface area contributed by atoms with Gasteiger partial charge in [-0.2, -0.15) is 0 Å². The van der Waals surface area contributed by atoms with Gasteiger partial charge in [0.1, 0.15) is 15.8 Å². The predicted molar refractivity (Wildman–Crippen MR) is 156 cm³/mol. The highest BCUT2D eigenvalue weighted by molar-refractivity contribution is 8.26. The number of thiocarbonyl (C=S) groups is 1. The molecule has 2 fully saturated rings. The van der Waals surface area contributed by atoms with Crippen LogP contribution in [0.15, 0.2) is 58.4 Å². The highest BCUT2D eigenvalue weighted by Gasteiger charge is 2.33. The number of thioether (sulfide) groups is 1. The number of aromatic nitrogens is 2. The fraction of sp³-hybridized carbons (Fsp3) is 0.379. The van der Waals surface area contributed by atoms with Crippen molar-refractivity contribution in [1.82, 2.24) is 14.3 Å². The first kappa shape index (κ1) is 25.7. The van der Waals surface area contributed by atoms with Crippen LogP contribution in [0, 0.1) is 12.8 Å². The Morgan fingerprint density at radius 1 is 1.11 bits per heavy atom. The molecule has 4 heterocycles. The number of benzene rings is 1. The monoisotopic (exact) mass is 532 g/mol. The van der Waals surface area contributed by atoms with Crippen molar-refractivity contribution < 1.29 is 4.79 Å². The molecule has 2 aromatic heterocycles. The minimum absolute atomic E-state index is 0.121. The van der Waals surface area contributed by atoms with Gasteiger partial charge >= 0.3 is 0 Å². The van der Waals surface area contributed by atoms with E-state index in [1.54, 1.807) is 15.4 Å². The summed E-state index contributed by atoms with van der Waals surface area (Å²) in [6.07, 6.45) is 8.53. The van der Waals surface area contributed by atoms with Crippen LogP contribution in [0.2, 0.25) is 0 Å². The lowest BCUT2D eigenvalue weighted by Crippen LogP contribution is -2.37. The SMILES string of the molecule is CCCCN1C(=O)/C(=C\c2c(N3CCC(Cc4ccccc4)CC3)nc3ccc(C)cn3c2=O)SC1=S. The standard InChI is InChI=1S/C29H32N4O2S2/c1-3-4-14-32-28(35)24(37-29(32)36)18-23-26(30-25-11-10-20(2)19-33(25)27(23)34)31-15-12-22(13-16-31)17-21-8-6-5-7-9-21/h5-11,18-19,22H,3-4,12-17H2,1-2H3/b24-18+. The molecule has 0 radical (unpaired) electrons. The highest BCUT2D eigenvalue weighted by Crippen LogP contribution is 2.34. The zero-order chi connectivity index (χ0) is 25.9. The quantitative estimate of drug-likeness (QED) is 0.297. The van der Waals surface area contributed by atoms with Gasteiger partial charge in [0, 0.05) is 25.8 Å². The maximum atomic E-state index is 13.8. The smallest absolute Gasteiger partial charge is 0.267 e. The first-order valence-corrected chi connectivity index (χ1v) is 14.2. The molecule has 3 aromatic rings. The lowest BCUT2D eigenvalue weighted by atomic mass is 9.90. The molecule has 0 unspecified atom stereocenters. The molecule has 0 aliphatic carbocycles. The van der Waals surface area contributed by atoms with Crippen LogP contribution in [0.3, 0.4) is 0 Å². The second kappa shape index (κ2) is 11.2. The number of anilines is 1. The summed E-state index contributed by atoms with van der Waals surface area (Å²) >= 11 is 6.77. The Hall–Kier alpha value is -2.97. The second-order valence-electron chi connectivity index (χ2n) is 9.90. The summed E-state index contributed by atoms with van der Waals surface area (Å²) in [6, 6.07) is 14.5. The summed E-state index contributed by atoms with van der Waals surface area (Å²) in [6.45, 7) is 6.30. The fourth-order valence-electron chi connectivity index (χ4n) is 5.05. The average Bonchev–Trinajstić information content (AvgIpc) is 3.17. The molecule has 2 saturated heterocycles. The third kappa shape index (κ3) is 5.50. The van der Waals surface area contributed by atoms with Gasteiger partial charge in [-0.15, -0.1) is 0 Å². The van der Waals surface area contributed by atoms with E-state index in [9.17, 15) is 9.59 Å². The Labute approximate surface area is 227 Å². The lowest BCUT2D eigenvalue weighted by molar-refractivity contribution is -0.122. The fourth-order valence-corrected chi connectivity index (χ4v) is 6.34. The number of unbranched alkanes of at least 4 members (excludes halogenated alkanes) is 1. The van der Waals surface area contributed by atoms with Crippen molar-refractivity contribution >= 4 is 51.7 Å². The summed E-state index contributed by atoms with van der Waals surface area (Å²) in [5.41, 5.74) is 3.26. The number of pyridine rings is 1. The van der Waals surface area contributed by atoms with E-state index in [1.165, 1.54) is 17.3 Å². The van der Waals surface area contributed by atoms with Crippen LogP contribution >= 0.6 is 24.0 Å². The van der Waals surface area contributed by atoms with E-state index in [4.69, 9.17) is 17.2 Å². The minimum atomic E-state index is -0.158. The molecule has 2 aliphatic heterocycles. The number of nitrogens with zero attached hydrogens (tertiary/aromatic N) is 4. The Bertz CT molecular complexity index is 1410. The van der Waals surface area contributed by atoms with Gasteiger partial charge in [-0.05, 0) is 61.8 Å². The molecule has 192 valence electrons. The van der Waals surface area contributed by atoms with Crippen molar-refractivity contribution in [3.05, 3.63) is 80.6 Å². The van der Waals surface area contributed by atoms with E-state index in [-0.39, 0.29) is 11.5 Å². The molecule has 5 rings (SSSR count). The average molecular weight is 533 g/mol. The van der Waals surface area contributed by atoms with E-state index in [1.807, 2.05) is 25.3 Å². The molecule has 2 aliphatic rings. The number of carbonyl (C=O) groups is 1. The number of fused-ring (bicyclic) bond motifs is 1. The maximum Gasteiger partial charge on any atom is 0.267 e. The van der Waals surface area contributed by atoms with Crippen LogP contribution in [0.5, 0.6) is 0 Å². The van der Waals surface area contributed by atoms with Crippen LogP contribution < -0.4 is 10.5 Å². The molecule has 8 heteroatoms. The second-order valence-corrected chi connectivity index (χ2v) is 11.6. The normalized spacial score (nSPS) is 17.9. The molecular formula is C29H32N4O2S2. The molecular weight excluding hydrogens is 500 g/mol. The van der Waals surface area contributed by atoms with Gasteiger partial charge in [-0.25, -0.2) is 4.98 Å². The van der Waals surface area contributed by atoms with Gasteiger partial charge in [-0.3, -0.25) is 18.9 Å². The summed E-state index contributed by atoms with van der Waals surface area (Å²) in [5.74, 6) is 1.14. The highest BCUT2D eigenvalue weighted by atomic mass is 32.2. The van der Waals surface area contributed by atoms with Crippen LogP contribution in [-0.4, -0.2) is 44.1 Å². The summed E-state index contributed by atoms with van der Waals surface area (Å²) in [5, 5.41) is 0. The number of piperidine rings is 1. The largest absolute Gasteiger partial charge is 0.356 e. The first-order valence-electron chi connectivity index (χ1n) is 13.0. The molecule has 0 N–H and O–H groups in total. The molecule has 37 heavy (non-hydrogen) atoms. The van der Waals surface area contributed by atoms with Crippen molar-refractivity contribution in [2.45, 2.75) is 46.0 Å². The van der Waals surface area contributed by atoms with Crippen LogP contribution in [0.4, 0.5) is 5.82 Å². The van der Waals surface area contributed by atoms with Gasteiger partial charge < -0.3 is 4.90 Å². The minimum Gasteiger partial charge on any atom is -0.356 e. The van der Waals surface area contributed by atoms with E-state index in [0.29, 0.717) is 38.7 Å². The third-order valence-electron chi connectivity index (χ3n) is 7.15. The van der Waals surface area contributed by atoms with Gasteiger partial charge in [0.05, 0.1) is 10.5 Å². The van der Waals surface area contributed by atoms with Crippen LogP contribution in [0.25, 0.3) is 11.7 Å². The van der Waals surface area contributed by atoms with Gasteiger partial charge in [0.15, 0.2) is 0 Å². The number of carbonyl (C=O) groups excluding carboxylic acids is 1. The van der Waals surface area contributed by atoms with Crippen molar-refractivity contribution in [3.63, 3.8) is 0 Å². The van der Waals surface area contributed by atoms with Crippen molar-refractivity contribution in [3.8, 4) is 0 Å². The number of rotatable bonds is 7. The topological polar surface area (TPSA) is 57.9 Å². The predicted octanol–water partition coefficient (Wildman–Crippen LogP) is 5.46. The van der Waals surface area contributed by atoms with E-state index < -0.39 is 0 Å². The Balaban J connectivity index is 1.47. The van der Waals surface area contributed by atoms with E-state index in [2.05, 4.69) is 42.2 Å². The van der Waals surface area contributed by atoms with Crippen molar-refractivity contribution in [1.29, 1.82) is 0 Å². The Morgan fingerprint density at radius 2 is 1.86 bits per heavy atom. The Kier molecular flexibility index (Phi) is 7.76. The number of hydrogen-bond donors (Lipinski definition) is 0. The summed E-state index contributed by atoms with van der Waals surface area (Å²) in [7, 11) is 0. The molecule has 1 amide bonds. The summed E-state index contributed by atoms with van der Waals surface area (Å²) in [4.78, 5) is 36.2. The first-order chi connectivity index (χ1) is 17.9. The zero-order valence-electron chi connectivity index (χ0n) is 21.4. The number of aryl methyl sites for hydroxylation is 1. The number of amides is 1. The Morgan fingerprint density at radius 3 is 2.59 bits per heavy atom. The molecule has 0 saturated carbocycles. The third-order valence-corrected chi connectivity index (χ3v) is 8.53. The van der Waals surface area contributed by atoms with Crippen LogP contribution in [0.1, 0.15) is 49.3 Å². The van der Waals surface area contributed by atoms with E-state index in [0.717, 1.165) is 50.8 Å². The van der Waals surface area contributed by atoms with Gasteiger partial charge in [0.25, 0.3) is 11.5 Å². The molecule has 0 atom stereocenters. The van der Waals surface area contributed by atoms with Gasteiger partial charge in [0.2, 0.25) is 0 Å². The van der Waals surface area contributed by atoms with Crippen molar-refractivity contribution in [2.24, 2.45) is 5.92 Å². The van der Waals surface area contributed by atoms with Gasteiger partial charge in [-0.1, -0.05) is 73.7 Å². The van der Waals surface area contributed by atoms with Crippen molar-refractivity contribution in [2.75, 3.05) is 24.5 Å². The summed E-state index contributed by atoms with van der Waals surface area (Å²) < 4.78 is 2.14. The molecule has 0 spiro atoms. The zero-order valence-corrected chi connectivity index (χ0v) is 23.0. The van der Waals surface area contributed by atoms with E-state index >= 15 is 0 Å². The molecule has 1 aromatic carbocycles. The lowest BCUT2D eigenvalue weighted by Gasteiger charge is -2.33. The molecule has 0 bridgehead atoms. The number of hydrogen-bond acceptors (Lipinski definition) is 6. The molecule has 6 nitrogen and oxygen atoms in total. The maximum absolute atomic E-state index is 13.8. The van der Waals surface area contributed by atoms with Crippen LogP contribution in [-0.2, 0) is 11.2 Å².